The monoisotopic (exact) mass is 515 g/mol. The number of aliphatic imine (C=N–C) groups is 1. The van der Waals surface area contributed by atoms with Crippen molar-refractivity contribution in [3.63, 3.8) is 0 Å². The summed E-state index contributed by atoms with van der Waals surface area (Å²) in [5.74, 6) is 0.398. The van der Waals surface area contributed by atoms with Gasteiger partial charge in [-0.25, -0.2) is 0 Å². The maximum Gasteiger partial charge on any atom is 0.248 e. The highest BCUT2D eigenvalue weighted by molar-refractivity contribution is 14.0. The van der Waals surface area contributed by atoms with Gasteiger partial charge in [0.05, 0.1) is 13.2 Å². The van der Waals surface area contributed by atoms with Crippen molar-refractivity contribution in [2.45, 2.75) is 44.2 Å². The van der Waals surface area contributed by atoms with Gasteiger partial charge in [0.2, 0.25) is 5.91 Å². The number of hydrogen-bond donors (Lipinski definition) is 3. The van der Waals surface area contributed by atoms with Crippen LogP contribution in [0.1, 0.15) is 48.0 Å². The number of guanidine groups is 1. The Hall–Kier alpha value is -1.39. The highest BCUT2D eigenvalue weighted by Gasteiger charge is 2.38. The first-order valence-electron chi connectivity index (χ1n) is 10.3. The van der Waals surface area contributed by atoms with Crippen molar-refractivity contribution in [3.05, 3.63) is 35.4 Å². The van der Waals surface area contributed by atoms with Gasteiger partial charge in [-0.15, -0.1) is 24.0 Å². The fourth-order valence-electron chi connectivity index (χ4n) is 4.29. The lowest BCUT2D eigenvalue weighted by Crippen LogP contribution is -2.60. The number of amides is 1. The number of nitrogens with two attached hydrogens (primary N) is 1. The van der Waals surface area contributed by atoms with Gasteiger partial charge in [-0.2, -0.15) is 0 Å². The lowest BCUT2D eigenvalue weighted by molar-refractivity contribution is -0.0352. The van der Waals surface area contributed by atoms with Gasteiger partial charge < -0.3 is 21.1 Å². The zero-order valence-electron chi connectivity index (χ0n) is 17.3. The molecule has 3 rings (SSSR count). The lowest BCUT2D eigenvalue weighted by Gasteiger charge is -2.48. The van der Waals surface area contributed by atoms with Gasteiger partial charge >= 0.3 is 0 Å². The van der Waals surface area contributed by atoms with Crippen LogP contribution in [0.4, 0.5) is 0 Å². The van der Waals surface area contributed by atoms with Gasteiger partial charge in [-0.1, -0.05) is 31.4 Å². The van der Waals surface area contributed by atoms with E-state index in [9.17, 15) is 4.79 Å². The number of halogens is 1. The summed E-state index contributed by atoms with van der Waals surface area (Å²) in [7, 11) is 1.80. The molecule has 1 aromatic rings. The fraction of sp³-hybridized carbons (Fsp3) is 0.619. The van der Waals surface area contributed by atoms with Crippen molar-refractivity contribution in [2.24, 2.45) is 10.7 Å². The number of rotatable bonds is 6. The Morgan fingerprint density at radius 1 is 1.14 bits per heavy atom. The zero-order valence-corrected chi connectivity index (χ0v) is 19.6. The second kappa shape index (κ2) is 11.7. The Morgan fingerprint density at radius 3 is 2.38 bits per heavy atom. The van der Waals surface area contributed by atoms with Crippen molar-refractivity contribution in [2.75, 3.05) is 39.9 Å². The number of nitrogens with zero attached hydrogens (tertiary/aromatic N) is 2. The highest BCUT2D eigenvalue weighted by atomic mass is 127. The summed E-state index contributed by atoms with van der Waals surface area (Å²) >= 11 is 0. The molecule has 7 nitrogen and oxygen atoms in total. The van der Waals surface area contributed by atoms with Crippen LogP contribution in [0.25, 0.3) is 0 Å². The number of nitrogens with one attached hydrogen (secondary N) is 2. The molecule has 0 bridgehead atoms. The van der Waals surface area contributed by atoms with E-state index in [4.69, 9.17) is 10.5 Å². The maximum absolute atomic E-state index is 11.2. The fourth-order valence-corrected chi connectivity index (χ4v) is 4.29. The van der Waals surface area contributed by atoms with Crippen LogP contribution >= 0.6 is 24.0 Å². The minimum atomic E-state index is -0.405. The molecule has 1 heterocycles. The maximum atomic E-state index is 11.2. The largest absolute Gasteiger partial charge is 0.379 e. The van der Waals surface area contributed by atoms with E-state index < -0.39 is 5.91 Å². The molecule has 8 heteroatoms. The molecule has 1 aliphatic heterocycles. The molecular formula is C21H34IN5O2. The van der Waals surface area contributed by atoms with Crippen molar-refractivity contribution in [1.82, 2.24) is 15.5 Å². The predicted octanol–water partition coefficient (Wildman–Crippen LogP) is 2.10. The molecule has 29 heavy (non-hydrogen) atoms. The topological polar surface area (TPSA) is 92.0 Å². The summed E-state index contributed by atoms with van der Waals surface area (Å²) < 4.78 is 5.57. The molecule has 1 aromatic carbocycles. The van der Waals surface area contributed by atoms with Crippen molar-refractivity contribution in [3.8, 4) is 0 Å². The molecule has 0 unspecified atom stereocenters. The van der Waals surface area contributed by atoms with E-state index in [0.29, 0.717) is 12.1 Å². The molecule has 162 valence electrons. The number of ether oxygens (including phenoxy) is 1. The quantitative estimate of drug-likeness (QED) is 0.307. The highest BCUT2D eigenvalue weighted by Crippen LogP contribution is 2.33. The van der Waals surface area contributed by atoms with E-state index in [0.717, 1.165) is 44.4 Å². The minimum Gasteiger partial charge on any atom is -0.379 e. The molecule has 1 saturated carbocycles. The third-order valence-electron chi connectivity index (χ3n) is 5.97. The molecular weight excluding hydrogens is 481 g/mol. The number of carbonyl (C=O) groups excluding carboxylic acids is 1. The van der Waals surface area contributed by atoms with Crippen LogP contribution in [-0.2, 0) is 11.3 Å². The van der Waals surface area contributed by atoms with Crippen LogP contribution in [0.2, 0.25) is 0 Å². The second-order valence-electron chi connectivity index (χ2n) is 7.72. The van der Waals surface area contributed by atoms with Gasteiger partial charge in [0.1, 0.15) is 0 Å². The number of primary amides is 1. The summed E-state index contributed by atoms with van der Waals surface area (Å²) in [4.78, 5) is 18.2. The second-order valence-corrected chi connectivity index (χ2v) is 7.72. The zero-order chi connectivity index (χ0) is 19.8. The first-order chi connectivity index (χ1) is 13.6. The normalized spacial score (nSPS) is 19.8. The van der Waals surface area contributed by atoms with Crippen molar-refractivity contribution >= 4 is 35.8 Å². The standard InChI is InChI=1S/C21H33N5O2.HI/c1-23-20(24-15-17-5-7-18(8-6-17)19(22)27)25-16-21(9-3-2-4-10-21)26-11-13-28-14-12-26;/h5-8H,2-4,9-16H2,1H3,(H2,22,27)(H2,23,24,25);1H. The summed E-state index contributed by atoms with van der Waals surface area (Å²) in [6.07, 6.45) is 6.37. The number of benzene rings is 1. The molecule has 0 radical (unpaired) electrons. The van der Waals surface area contributed by atoms with Crippen molar-refractivity contribution < 1.29 is 9.53 Å². The number of carbonyl (C=O) groups is 1. The van der Waals surface area contributed by atoms with Gasteiger partial charge in [-0.3, -0.25) is 14.7 Å². The average molecular weight is 515 g/mol. The molecule has 0 atom stereocenters. The third kappa shape index (κ3) is 6.55. The van der Waals surface area contributed by atoms with Crippen molar-refractivity contribution in [1.29, 1.82) is 0 Å². The molecule has 2 aliphatic rings. The van der Waals surface area contributed by atoms with Crippen LogP contribution < -0.4 is 16.4 Å². The Labute approximate surface area is 190 Å². The molecule has 2 fully saturated rings. The Morgan fingerprint density at radius 2 is 1.79 bits per heavy atom. The predicted molar refractivity (Wildman–Crippen MR) is 127 cm³/mol. The van der Waals surface area contributed by atoms with E-state index in [1.807, 2.05) is 12.1 Å². The van der Waals surface area contributed by atoms with Crippen LogP contribution in [0.5, 0.6) is 0 Å². The summed E-state index contributed by atoms with van der Waals surface area (Å²) in [6.45, 7) is 5.22. The van der Waals surface area contributed by atoms with Crippen LogP contribution in [0.15, 0.2) is 29.3 Å². The number of morpholine rings is 1. The van der Waals surface area contributed by atoms with E-state index in [1.54, 1.807) is 19.2 Å². The van der Waals surface area contributed by atoms with Crippen LogP contribution in [0.3, 0.4) is 0 Å². The van der Waals surface area contributed by atoms with E-state index in [1.165, 1.54) is 32.1 Å². The molecule has 1 aliphatic carbocycles. The first-order valence-corrected chi connectivity index (χ1v) is 10.3. The molecule has 1 saturated heterocycles. The van der Waals surface area contributed by atoms with E-state index in [2.05, 4.69) is 20.5 Å². The van der Waals surface area contributed by atoms with Crippen LogP contribution in [0, 0.1) is 0 Å². The molecule has 0 aromatic heterocycles. The molecule has 0 spiro atoms. The van der Waals surface area contributed by atoms with Gasteiger partial charge in [-0.05, 0) is 30.5 Å². The Balaban J connectivity index is 0.00000300. The minimum absolute atomic E-state index is 0. The first kappa shape index (κ1) is 23.9. The summed E-state index contributed by atoms with van der Waals surface area (Å²) in [5, 5.41) is 6.93. The van der Waals surface area contributed by atoms with Gasteiger partial charge in [0.15, 0.2) is 5.96 Å². The van der Waals surface area contributed by atoms with Crippen LogP contribution in [-0.4, -0.2) is 62.2 Å². The summed E-state index contributed by atoms with van der Waals surface area (Å²) in [6, 6.07) is 7.34. The third-order valence-corrected chi connectivity index (χ3v) is 5.97. The Kier molecular flexibility index (Phi) is 9.64. The lowest BCUT2D eigenvalue weighted by atomic mass is 9.80. The van der Waals surface area contributed by atoms with E-state index in [-0.39, 0.29) is 29.5 Å². The average Bonchev–Trinajstić information content (AvgIpc) is 2.75. The van der Waals surface area contributed by atoms with E-state index >= 15 is 0 Å². The molecule has 1 amide bonds. The number of hydrogen-bond acceptors (Lipinski definition) is 4. The molecule has 4 N–H and O–H groups in total. The van der Waals surface area contributed by atoms with Gasteiger partial charge in [0.25, 0.3) is 0 Å². The SMILES string of the molecule is CN=C(NCc1ccc(C(N)=O)cc1)NCC1(N2CCOCC2)CCCCC1.I. The van der Waals surface area contributed by atoms with Gasteiger partial charge in [0, 0.05) is 44.3 Å². The summed E-state index contributed by atoms with van der Waals surface area (Å²) in [5.41, 5.74) is 7.09. The smallest absolute Gasteiger partial charge is 0.248 e. The Bertz CT molecular complexity index is 668.